The van der Waals surface area contributed by atoms with E-state index in [-0.39, 0.29) is 5.78 Å². The van der Waals surface area contributed by atoms with E-state index in [2.05, 4.69) is 6.92 Å². The van der Waals surface area contributed by atoms with Crippen LogP contribution < -0.4 is 0 Å². The van der Waals surface area contributed by atoms with Gasteiger partial charge in [0.05, 0.1) is 9.09 Å². The average molecular weight is 185 g/mol. The van der Waals surface area contributed by atoms with Crippen molar-refractivity contribution in [2.75, 3.05) is 6.26 Å². The average Bonchev–Trinajstić information content (AvgIpc) is 2.50. The van der Waals surface area contributed by atoms with Crippen LogP contribution in [0.2, 0.25) is 0 Å². The van der Waals surface area contributed by atoms with Gasteiger partial charge in [-0.15, -0.1) is 23.1 Å². The Morgan fingerprint density at radius 3 is 2.91 bits per heavy atom. The van der Waals surface area contributed by atoms with Gasteiger partial charge in [-0.05, 0) is 25.3 Å². The minimum atomic E-state index is 0.135. The zero-order chi connectivity index (χ0) is 8.27. The molecule has 0 fully saturated rings. The van der Waals surface area contributed by atoms with E-state index < -0.39 is 0 Å². The molecule has 59 valence electrons. The SMILES string of the molecule is [CH2]CC(=O)c1ccc(SC)s1. The maximum absolute atomic E-state index is 11.1. The fraction of sp³-hybridized carbons (Fsp3) is 0.250. The van der Waals surface area contributed by atoms with Gasteiger partial charge in [-0.2, -0.15) is 0 Å². The van der Waals surface area contributed by atoms with Crippen molar-refractivity contribution in [2.24, 2.45) is 0 Å². The number of thiophene rings is 1. The van der Waals surface area contributed by atoms with Gasteiger partial charge in [-0.3, -0.25) is 4.79 Å². The van der Waals surface area contributed by atoms with Gasteiger partial charge >= 0.3 is 0 Å². The van der Waals surface area contributed by atoms with Crippen molar-refractivity contribution >= 4 is 28.9 Å². The molecule has 0 aliphatic rings. The molecule has 1 rings (SSSR count). The number of carbonyl (C=O) groups excluding carboxylic acids is 1. The molecular formula is C8H9OS2. The summed E-state index contributed by atoms with van der Waals surface area (Å²) in [5, 5.41) is 0. The Kier molecular flexibility index (Phi) is 3.15. The summed E-state index contributed by atoms with van der Waals surface area (Å²) < 4.78 is 1.18. The lowest BCUT2D eigenvalue weighted by Gasteiger charge is -1.88. The Bertz CT molecular complexity index is 252. The molecule has 0 saturated heterocycles. The third-order valence-electron chi connectivity index (χ3n) is 1.28. The fourth-order valence-corrected chi connectivity index (χ4v) is 2.21. The van der Waals surface area contributed by atoms with Gasteiger partial charge < -0.3 is 0 Å². The second kappa shape index (κ2) is 3.93. The highest BCUT2D eigenvalue weighted by atomic mass is 32.2. The summed E-state index contributed by atoms with van der Waals surface area (Å²) in [4.78, 5) is 11.9. The van der Waals surface area contributed by atoms with Gasteiger partial charge in [-0.1, -0.05) is 0 Å². The number of Topliss-reactive ketones (excluding diaryl/α,β-unsaturated/α-hetero) is 1. The maximum atomic E-state index is 11.1. The molecule has 0 N–H and O–H groups in total. The molecule has 1 nitrogen and oxygen atoms in total. The molecule has 0 atom stereocenters. The minimum absolute atomic E-state index is 0.135. The largest absolute Gasteiger partial charge is 0.293 e. The Hall–Kier alpha value is -0.280. The third kappa shape index (κ3) is 2.07. The Morgan fingerprint density at radius 1 is 1.73 bits per heavy atom. The number of hydrogen-bond donors (Lipinski definition) is 0. The van der Waals surface area contributed by atoms with Crippen LogP contribution in [0.1, 0.15) is 16.1 Å². The quantitative estimate of drug-likeness (QED) is 0.532. The molecular weight excluding hydrogens is 176 g/mol. The van der Waals surface area contributed by atoms with E-state index in [4.69, 9.17) is 0 Å². The summed E-state index contributed by atoms with van der Waals surface area (Å²) in [5.41, 5.74) is 0. The molecule has 0 bridgehead atoms. The van der Waals surface area contributed by atoms with Crippen LogP contribution in [0.15, 0.2) is 16.3 Å². The molecule has 0 aliphatic heterocycles. The van der Waals surface area contributed by atoms with Gasteiger partial charge in [-0.25, -0.2) is 0 Å². The lowest BCUT2D eigenvalue weighted by atomic mass is 10.3. The molecule has 0 saturated carbocycles. The van der Waals surface area contributed by atoms with E-state index in [1.165, 1.54) is 15.5 Å². The van der Waals surface area contributed by atoms with E-state index in [0.29, 0.717) is 6.42 Å². The molecule has 0 unspecified atom stereocenters. The van der Waals surface area contributed by atoms with Crippen LogP contribution in [0.3, 0.4) is 0 Å². The standard InChI is InChI=1S/C8H9OS2/c1-3-6(9)7-4-5-8(10-2)11-7/h4-5H,1,3H2,2H3. The number of hydrogen-bond acceptors (Lipinski definition) is 3. The molecule has 11 heavy (non-hydrogen) atoms. The first-order valence-electron chi connectivity index (χ1n) is 3.24. The van der Waals surface area contributed by atoms with E-state index in [1.54, 1.807) is 11.8 Å². The fourth-order valence-electron chi connectivity index (χ4n) is 0.703. The van der Waals surface area contributed by atoms with Gasteiger partial charge in [0.1, 0.15) is 0 Å². The van der Waals surface area contributed by atoms with Crippen LogP contribution in [0.5, 0.6) is 0 Å². The molecule has 0 aliphatic carbocycles. The predicted molar refractivity (Wildman–Crippen MR) is 50.4 cm³/mol. The van der Waals surface area contributed by atoms with Gasteiger partial charge in [0.25, 0.3) is 0 Å². The second-order valence-electron chi connectivity index (χ2n) is 2.00. The number of thioether (sulfide) groups is 1. The number of carbonyl (C=O) groups is 1. The highest BCUT2D eigenvalue weighted by molar-refractivity contribution is 8.00. The van der Waals surface area contributed by atoms with Crippen molar-refractivity contribution in [2.45, 2.75) is 10.6 Å². The summed E-state index contributed by atoms with van der Waals surface area (Å²) in [5.74, 6) is 0.135. The molecule has 0 aromatic carbocycles. The first-order valence-corrected chi connectivity index (χ1v) is 5.28. The number of rotatable bonds is 3. The Labute approximate surface area is 74.8 Å². The van der Waals surface area contributed by atoms with E-state index in [0.717, 1.165) is 4.88 Å². The normalized spacial score (nSPS) is 10.0. The zero-order valence-electron chi connectivity index (χ0n) is 6.29. The molecule has 1 aromatic rings. The second-order valence-corrected chi connectivity index (χ2v) is 4.19. The van der Waals surface area contributed by atoms with E-state index >= 15 is 0 Å². The van der Waals surface area contributed by atoms with Crippen LogP contribution in [0, 0.1) is 6.92 Å². The van der Waals surface area contributed by atoms with Gasteiger partial charge in [0.2, 0.25) is 0 Å². The first-order chi connectivity index (χ1) is 5.27. The smallest absolute Gasteiger partial charge is 0.172 e. The first kappa shape index (κ1) is 8.81. The van der Waals surface area contributed by atoms with Crippen molar-refractivity contribution in [1.82, 2.24) is 0 Å². The lowest BCUT2D eigenvalue weighted by molar-refractivity contribution is 0.0999. The van der Waals surface area contributed by atoms with Crippen molar-refractivity contribution in [3.05, 3.63) is 23.9 Å². The predicted octanol–water partition coefficient (Wildman–Crippen LogP) is 2.88. The molecule has 3 heteroatoms. The van der Waals surface area contributed by atoms with Crippen LogP contribution >= 0.6 is 23.1 Å². The maximum Gasteiger partial charge on any atom is 0.172 e. The van der Waals surface area contributed by atoms with Crippen molar-refractivity contribution in [3.8, 4) is 0 Å². The summed E-state index contributed by atoms with van der Waals surface area (Å²) in [6, 6.07) is 3.84. The van der Waals surface area contributed by atoms with Crippen molar-refractivity contribution < 1.29 is 4.79 Å². The number of ketones is 1. The summed E-state index contributed by atoms with van der Waals surface area (Å²) in [6.07, 6.45) is 2.36. The summed E-state index contributed by atoms with van der Waals surface area (Å²) >= 11 is 3.20. The zero-order valence-corrected chi connectivity index (χ0v) is 7.93. The van der Waals surface area contributed by atoms with Crippen LogP contribution in [0.4, 0.5) is 0 Å². The third-order valence-corrected chi connectivity index (χ3v) is 3.49. The van der Waals surface area contributed by atoms with E-state index in [9.17, 15) is 4.79 Å². The monoisotopic (exact) mass is 185 g/mol. The highest BCUT2D eigenvalue weighted by Crippen LogP contribution is 2.25. The van der Waals surface area contributed by atoms with Crippen LogP contribution in [-0.2, 0) is 0 Å². The lowest BCUT2D eigenvalue weighted by Crippen LogP contribution is -1.90. The van der Waals surface area contributed by atoms with Crippen LogP contribution in [0.25, 0.3) is 0 Å². The van der Waals surface area contributed by atoms with Crippen molar-refractivity contribution in [1.29, 1.82) is 0 Å². The van der Waals surface area contributed by atoms with Crippen molar-refractivity contribution in [3.63, 3.8) is 0 Å². The summed E-state index contributed by atoms with van der Waals surface area (Å²) in [7, 11) is 0. The highest BCUT2D eigenvalue weighted by Gasteiger charge is 2.05. The van der Waals surface area contributed by atoms with Crippen LogP contribution in [-0.4, -0.2) is 12.0 Å². The molecule has 1 radical (unpaired) electrons. The Balaban J connectivity index is 2.80. The molecule has 0 spiro atoms. The Morgan fingerprint density at radius 2 is 2.45 bits per heavy atom. The molecule has 0 amide bonds. The molecule has 1 heterocycles. The van der Waals surface area contributed by atoms with Gasteiger partial charge in [0, 0.05) is 6.42 Å². The molecule has 1 aromatic heterocycles. The summed E-state index contributed by atoms with van der Waals surface area (Å²) in [6.45, 7) is 3.55. The topological polar surface area (TPSA) is 17.1 Å². The minimum Gasteiger partial charge on any atom is -0.293 e. The van der Waals surface area contributed by atoms with E-state index in [1.807, 2.05) is 18.4 Å². The van der Waals surface area contributed by atoms with Gasteiger partial charge in [0.15, 0.2) is 5.78 Å².